The number of H-pyrrole nitrogens is 1. The highest BCUT2D eigenvalue weighted by atomic mass is 16.1. The zero-order chi connectivity index (χ0) is 15.5. The summed E-state index contributed by atoms with van der Waals surface area (Å²) in [5.41, 5.74) is 4.03. The smallest absolute Gasteiger partial charge is 0.279 e. The number of rotatable bonds is 3. The number of anilines is 2. The van der Waals surface area contributed by atoms with Crippen molar-refractivity contribution >= 4 is 11.6 Å². The van der Waals surface area contributed by atoms with Crippen LogP contribution in [-0.2, 0) is 0 Å². The molecule has 3 rings (SSSR count). The molecule has 2 N–H and O–H groups in total. The maximum atomic E-state index is 12.2. The van der Waals surface area contributed by atoms with E-state index in [1.807, 2.05) is 55.5 Å². The lowest BCUT2D eigenvalue weighted by molar-refractivity contribution is 0.962. The van der Waals surface area contributed by atoms with Crippen LogP contribution < -0.4 is 10.9 Å². The van der Waals surface area contributed by atoms with Crippen LogP contribution in [0.15, 0.2) is 53.3 Å². The molecule has 0 aliphatic carbocycles. The molecule has 0 amide bonds. The molecule has 0 bridgehead atoms. The van der Waals surface area contributed by atoms with Crippen molar-refractivity contribution < 1.29 is 0 Å². The molecule has 110 valence electrons. The van der Waals surface area contributed by atoms with Crippen LogP contribution in [-0.4, -0.2) is 15.2 Å². The van der Waals surface area contributed by atoms with Crippen molar-refractivity contribution in [2.75, 3.05) is 5.32 Å². The Balaban J connectivity index is 1.89. The van der Waals surface area contributed by atoms with Crippen LogP contribution in [0, 0.1) is 13.8 Å². The van der Waals surface area contributed by atoms with Gasteiger partial charge in [-0.25, -0.2) is 0 Å². The average Bonchev–Trinajstić information content (AvgIpc) is 2.52. The van der Waals surface area contributed by atoms with Gasteiger partial charge in [0, 0.05) is 11.3 Å². The van der Waals surface area contributed by atoms with Gasteiger partial charge < -0.3 is 5.32 Å². The van der Waals surface area contributed by atoms with E-state index in [0.29, 0.717) is 11.6 Å². The predicted octanol–water partition coefficient (Wildman–Crippen LogP) is 3.19. The minimum Gasteiger partial charge on any atom is -0.324 e. The van der Waals surface area contributed by atoms with E-state index in [-0.39, 0.29) is 5.56 Å². The van der Waals surface area contributed by atoms with Gasteiger partial charge in [0.15, 0.2) is 5.69 Å². The lowest BCUT2D eigenvalue weighted by atomic mass is 10.1. The lowest BCUT2D eigenvalue weighted by Gasteiger charge is -2.07. The number of hydrogen-bond acceptors (Lipinski definition) is 4. The van der Waals surface area contributed by atoms with Crippen LogP contribution in [0.3, 0.4) is 0 Å². The first kappa shape index (κ1) is 14.0. The van der Waals surface area contributed by atoms with Crippen molar-refractivity contribution in [1.82, 2.24) is 15.2 Å². The SMILES string of the molecule is Cc1ccc(Nc2nnc(-c3ccccc3)c(=O)[nH]2)cc1C. The van der Waals surface area contributed by atoms with E-state index in [9.17, 15) is 4.79 Å². The van der Waals surface area contributed by atoms with Crippen molar-refractivity contribution in [1.29, 1.82) is 0 Å². The standard InChI is InChI=1S/C17H16N4O/c1-11-8-9-14(10-12(11)2)18-17-19-16(22)15(20-21-17)13-6-4-3-5-7-13/h3-10H,1-2H3,(H2,18,19,21,22). The summed E-state index contributed by atoms with van der Waals surface area (Å²) in [4.78, 5) is 14.9. The van der Waals surface area contributed by atoms with E-state index in [1.54, 1.807) is 0 Å². The van der Waals surface area contributed by atoms with E-state index >= 15 is 0 Å². The first-order valence-electron chi connectivity index (χ1n) is 7.00. The zero-order valence-corrected chi connectivity index (χ0v) is 12.4. The number of nitrogens with one attached hydrogen (secondary N) is 2. The van der Waals surface area contributed by atoms with Gasteiger partial charge in [0.2, 0.25) is 5.95 Å². The fraction of sp³-hybridized carbons (Fsp3) is 0.118. The molecule has 22 heavy (non-hydrogen) atoms. The second-order valence-electron chi connectivity index (χ2n) is 5.14. The number of benzene rings is 2. The van der Waals surface area contributed by atoms with Crippen LogP contribution >= 0.6 is 0 Å². The first-order chi connectivity index (χ1) is 10.6. The molecule has 0 fully saturated rings. The fourth-order valence-corrected chi connectivity index (χ4v) is 2.13. The Morgan fingerprint density at radius 1 is 0.955 bits per heavy atom. The molecule has 0 saturated heterocycles. The van der Waals surface area contributed by atoms with Crippen LogP contribution in [0.2, 0.25) is 0 Å². The third-order valence-electron chi connectivity index (χ3n) is 3.51. The molecule has 0 saturated carbocycles. The second kappa shape index (κ2) is 5.81. The Hall–Kier alpha value is -2.95. The van der Waals surface area contributed by atoms with Gasteiger partial charge in [-0.1, -0.05) is 36.4 Å². The molecule has 5 heteroatoms. The highest BCUT2D eigenvalue weighted by Crippen LogP contribution is 2.17. The summed E-state index contributed by atoms with van der Waals surface area (Å²) in [6.45, 7) is 4.09. The van der Waals surface area contributed by atoms with E-state index in [2.05, 4.69) is 27.4 Å². The lowest BCUT2D eigenvalue weighted by Crippen LogP contribution is -2.15. The summed E-state index contributed by atoms with van der Waals surface area (Å²) >= 11 is 0. The topological polar surface area (TPSA) is 70.7 Å². The molecule has 5 nitrogen and oxygen atoms in total. The highest BCUT2D eigenvalue weighted by molar-refractivity contribution is 5.59. The fourth-order valence-electron chi connectivity index (χ4n) is 2.13. The first-order valence-corrected chi connectivity index (χ1v) is 7.00. The summed E-state index contributed by atoms with van der Waals surface area (Å²) in [6, 6.07) is 15.2. The molecule has 0 aliphatic rings. The molecule has 0 unspecified atom stereocenters. The Morgan fingerprint density at radius 2 is 1.73 bits per heavy atom. The largest absolute Gasteiger partial charge is 0.324 e. The second-order valence-corrected chi connectivity index (χ2v) is 5.14. The maximum Gasteiger partial charge on any atom is 0.279 e. The molecule has 1 aromatic heterocycles. The normalized spacial score (nSPS) is 10.5. The van der Waals surface area contributed by atoms with Crippen molar-refractivity contribution in [3.8, 4) is 11.3 Å². The number of nitrogens with zero attached hydrogens (tertiary/aromatic N) is 2. The van der Waals surface area contributed by atoms with Crippen molar-refractivity contribution in [2.45, 2.75) is 13.8 Å². The minimum absolute atomic E-state index is 0.271. The van der Waals surface area contributed by atoms with Gasteiger partial charge >= 0.3 is 0 Å². The molecule has 1 heterocycles. The molecular weight excluding hydrogens is 276 g/mol. The minimum atomic E-state index is -0.271. The summed E-state index contributed by atoms with van der Waals surface area (Å²) in [7, 11) is 0. The third kappa shape index (κ3) is 2.88. The highest BCUT2D eigenvalue weighted by Gasteiger charge is 2.07. The Morgan fingerprint density at radius 3 is 2.41 bits per heavy atom. The number of aryl methyl sites for hydroxylation is 2. The maximum absolute atomic E-state index is 12.2. The molecule has 0 atom stereocenters. The third-order valence-corrected chi connectivity index (χ3v) is 3.51. The van der Waals surface area contributed by atoms with Gasteiger partial charge in [-0.3, -0.25) is 9.78 Å². The quantitative estimate of drug-likeness (QED) is 0.777. The number of aromatic nitrogens is 3. The van der Waals surface area contributed by atoms with Crippen LogP contribution in [0.1, 0.15) is 11.1 Å². The molecule has 0 spiro atoms. The van der Waals surface area contributed by atoms with E-state index in [1.165, 1.54) is 11.1 Å². The number of aromatic amines is 1. The van der Waals surface area contributed by atoms with Gasteiger partial charge in [-0.05, 0) is 37.1 Å². The van der Waals surface area contributed by atoms with Crippen molar-refractivity contribution in [3.63, 3.8) is 0 Å². The van der Waals surface area contributed by atoms with Gasteiger partial charge in [0.25, 0.3) is 5.56 Å². The summed E-state index contributed by atoms with van der Waals surface area (Å²) in [6.07, 6.45) is 0. The Kier molecular flexibility index (Phi) is 3.70. The van der Waals surface area contributed by atoms with Crippen LogP contribution in [0.5, 0.6) is 0 Å². The van der Waals surface area contributed by atoms with Crippen molar-refractivity contribution in [3.05, 3.63) is 70.0 Å². The molecule has 2 aromatic carbocycles. The van der Waals surface area contributed by atoms with Gasteiger partial charge in [0.1, 0.15) is 0 Å². The van der Waals surface area contributed by atoms with E-state index in [4.69, 9.17) is 0 Å². The summed E-state index contributed by atoms with van der Waals surface area (Å²) in [5.74, 6) is 0.327. The van der Waals surface area contributed by atoms with E-state index in [0.717, 1.165) is 11.3 Å². The van der Waals surface area contributed by atoms with Crippen molar-refractivity contribution in [2.24, 2.45) is 0 Å². The Labute approximate surface area is 128 Å². The Bertz CT molecular complexity index is 856. The van der Waals surface area contributed by atoms with Gasteiger partial charge in [-0.2, -0.15) is 0 Å². The molecule has 0 radical (unpaired) electrons. The summed E-state index contributed by atoms with van der Waals surface area (Å²) < 4.78 is 0. The zero-order valence-electron chi connectivity index (χ0n) is 12.4. The predicted molar refractivity (Wildman–Crippen MR) is 87.3 cm³/mol. The van der Waals surface area contributed by atoms with Crippen LogP contribution in [0.4, 0.5) is 11.6 Å². The van der Waals surface area contributed by atoms with E-state index < -0.39 is 0 Å². The summed E-state index contributed by atoms with van der Waals surface area (Å²) in [5, 5.41) is 11.1. The van der Waals surface area contributed by atoms with Gasteiger partial charge in [0.05, 0.1) is 0 Å². The van der Waals surface area contributed by atoms with Gasteiger partial charge in [-0.15, -0.1) is 10.2 Å². The van der Waals surface area contributed by atoms with Crippen LogP contribution in [0.25, 0.3) is 11.3 Å². The monoisotopic (exact) mass is 292 g/mol. The molecular formula is C17H16N4O. The number of hydrogen-bond donors (Lipinski definition) is 2. The average molecular weight is 292 g/mol. The molecule has 3 aromatic rings. The molecule has 0 aliphatic heterocycles.